The highest BCUT2D eigenvalue weighted by Gasteiger charge is 2.31. The first-order valence-corrected chi connectivity index (χ1v) is 6.45. The molecule has 3 heteroatoms. The molecule has 0 amide bonds. The van der Waals surface area contributed by atoms with Crippen LogP contribution in [0.5, 0.6) is 0 Å². The Hall–Kier alpha value is -1.09. The highest BCUT2D eigenvalue weighted by Crippen LogP contribution is 2.36. The van der Waals surface area contributed by atoms with Crippen LogP contribution in [0.2, 0.25) is 0 Å². The molecule has 2 nitrogen and oxygen atoms in total. The Bertz CT molecular complexity index is 386. The first-order chi connectivity index (χ1) is 8.15. The fourth-order valence-electron chi connectivity index (χ4n) is 2.31. The first-order valence-electron chi connectivity index (χ1n) is 6.45. The molecule has 0 radical (unpaired) electrons. The van der Waals surface area contributed by atoms with E-state index in [4.69, 9.17) is 5.73 Å². The molecular formula is C14H21FN2. The average Bonchev–Trinajstić information content (AvgIpc) is 3.10. The van der Waals surface area contributed by atoms with Crippen LogP contribution in [0, 0.1) is 5.82 Å². The van der Waals surface area contributed by atoms with Gasteiger partial charge in [-0.25, -0.2) is 4.39 Å². The van der Waals surface area contributed by atoms with Gasteiger partial charge in [0.15, 0.2) is 0 Å². The van der Waals surface area contributed by atoms with Gasteiger partial charge in [-0.1, -0.05) is 19.1 Å². The lowest BCUT2D eigenvalue weighted by Crippen LogP contribution is -2.29. The molecule has 1 aliphatic rings. The quantitative estimate of drug-likeness (QED) is 0.850. The van der Waals surface area contributed by atoms with Crippen LogP contribution in [-0.4, -0.2) is 12.6 Å². The fourth-order valence-corrected chi connectivity index (χ4v) is 2.31. The van der Waals surface area contributed by atoms with Crippen molar-refractivity contribution in [2.75, 3.05) is 11.4 Å². The van der Waals surface area contributed by atoms with Crippen LogP contribution in [-0.2, 0) is 0 Å². The first kappa shape index (κ1) is 12.4. The number of halogens is 1. The second-order valence-corrected chi connectivity index (χ2v) is 4.89. The van der Waals surface area contributed by atoms with Gasteiger partial charge in [0.2, 0.25) is 0 Å². The van der Waals surface area contributed by atoms with Crippen molar-refractivity contribution in [3.05, 3.63) is 29.6 Å². The maximum Gasteiger partial charge on any atom is 0.146 e. The van der Waals surface area contributed by atoms with Crippen LogP contribution in [0.3, 0.4) is 0 Å². The lowest BCUT2D eigenvalue weighted by atomic mass is 10.0. The van der Waals surface area contributed by atoms with Gasteiger partial charge in [0, 0.05) is 18.6 Å². The number of nitrogens with zero attached hydrogens (tertiary/aromatic N) is 1. The lowest BCUT2D eigenvalue weighted by Gasteiger charge is -2.28. The molecule has 1 saturated carbocycles. The molecule has 0 aliphatic heterocycles. The Morgan fingerprint density at radius 2 is 2.18 bits per heavy atom. The summed E-state index contributed by atoms with van der Waals surface area (Å²) in [4.78, 5) is 2.20. The predicted octanol–water partition coefficient (Wildman–Crippen LogP) is 3.22. The van der Waals surface area contributed by atoms with Crippen LogP contribution in [0.15, 0.2) is 18.2 Å². The number of rotatable bonds is 5. The predicted molar refractivity (Wildman–Crippen MR) is 69.7 cm³/mol. The molecule has 0 saturated heterocycles. The van der Waals surface area contributed by atoms with Gasteiger partial charge in [-0.2, -0.15) is 0 Å². The number of anilines is 1. The number of nitrogens with two attached hydrogens (primary N) is 1. The van der Waals surface area contributed by atoms with Crippen molar-refractivity contribution >= 4 is 5.69 Å². The average molecular weight is 236 g/mol. The van der Waals surface area contributed by atoms with Gasteiger partial charge in [-0.3, -0.25) is 0 Å². The smallest absolute Gasteiger partial charge is 0.146 e. The normalized spacial score (nSPS) is 16.9. The van der Waals surface area contributed by atoms with E-state index in [9.17, 15) is 4.39 Å². The Labute approximate surface area is 103 Å². The Morgan fingerprint density at radius 1 is 1.47 bits per heavy atom. The van der Waals surface area contributed by atoms with Crippen molar-refractivity contribution < 1.29 is 4.39 Å². The molecule has 1 aromatic carbocycles. The van der Waals surface area contributed by atoms with Gasteiger partial charge >= 0.3 is 0 Å². The molecule has 0 aromatic heterocycles. The monoisotopic (exact) mass is 236 g/mol. The van der Waals surface area contributed by atoms with E-state index in [0.717, 1.165) is 24.2 Å². The molecule has 2 N–H and O–H groups in total. The van der Waals surface area contributed by atoms with Gasteiger partial charge < -0.3 is 10.6 Å². The summed E-state index contributed by atoms with van der Waals surface area (Å²) in [5.41, 5.74) is 7.59. The minimum absolute atomic E-state index is 0.126. The Kier molecular flexibility index (Phi) is 3.67. The van der Waals surface area contributed by atoms with Crippen LogP contribution >= 0.6 is 0 Å². The van der Waals surface area contributed by atoms with Crippen molar-refractivity contribution in [3.63, 3.8) is 0 Å². The number of hydrogen-bond acceptors (Lipinski definition) is 2. The second-order valence-electron chi connectivity index (χ2n) is 4.89. The largest absolute Gasteiger partial charge is 0.366 e. The van der Waals surface area contributed by atoms with E-state index in [0.29, 0.717) is 6.04 Å². The lowest BCUT2D eigenvalue weighted by molar-refractivity contribution is 0.606. The van der Waals surface area contributed by atoms with E-state index < -0.39 is 0 Å². The minimum Gasteiger partial charge on any atom is -0.366 e. The molecule has 0 bridgehead atoms. The number of benzene rings is 1. The van der Waals surface area contributed by atoms with Crippen LogP contribution in [0.4, 0.5) is 10.1 Å². The Morgan fingerprint density at radius 3 is 2.71 bits per heavy atom. The van der Waals surface area contributed by atoms with E-state index in [1.807, 2.05) is 13.0 Å². The van der Waals surface area contributed by atoms with Crippen molar-refractivity contribution in [2.24, 2.45) is 5.73 Å². The van der Waals surface area contributed by atoms with Crippen molar-refractivity contribution in [3.8, 4) is 0 Å². The topological polar surface area (TPSA) is 29.3 Å². The summed E-state index contributed by atoms with van der Waals surface area (Å²) < 4.78 is 14.1. The van der Waals surface area contributed by atoms with E-state index in [2.05, 4.69) is 11.8 Å². The molecule has 17 heavy (non-hydrogen) atoms. The number of hydrogen-bond donors (Lipinski definition) is 1. The van der Waals surface area contributed by atoms with E-state index in [1.54, 1.807) is 6.07 Å². The summed E-state index contributed by atoms with van der Waals surface area (Å²) in [7, 11) is 0. The van der Waals surface area contributed by atoms with Gasteiger partial charge in [0.05, 0.1) is 5.69 Å². The van der Waals surface area contributed by atoms with Crippen LogP contribution in [0.25, 0.3) is 0 Å². The molecule has 1 aliphatic carbocycles. The zero-order valence-electron chi connectivity index (χ0n) is 10.6. The standard InChI is InChI=1S/C14H21FN2/c1-3-9-17(11-7-8-11)14-12(10(2)16)5-4-6-13(14)15/h4-6,10-11H,3,7-9,16H2,1-2H3/t10-/m0/s1. The summed E-state index contributed by atoms with van der Waals surface area (Å²) >= 11 is 0. The fraction of sp³-hybridized carbons (Fsp3) is 0.571. The molecule has 0 spiro atoms. The summed E-state index contributed by atoms with van der Waals surface area (Å²) in [6, 6.07) is 5.61. The highest BCUT2D eigenvalue weighted by atomic mass is 19.1. The maximum atomic E-state index is 14.1. The molecule has 2 rings (SSSR count). The highest BCUT2D eigenvalue weighted by molar-refractivity contribution is 5.57. The zero-order valence-corrected chi connectivity index (χ0v) is 10.6. The summed E-state index contributed by atoms with van der Waals surface area (Å²) in [5.74, 6) is -0.139. The SMILES string of the molecule is CCCN(c1c(F)cccc1[C@H](C)N)C1CC1. The van der Waals surface area contributed by atoms with Gasteiger partial charge in [-0.05, 0) is 37.8 Å². The molecule has 1 fully saturated rings. The van der Waals surface area contributed by atoms with E-state index in [1.165, 1.54) is 18.9 Å². The summed E-state index contributed by atoms with van der Waals surface area (Å²) in [6.45, 7) is 4.95. The zero-order chi connectivity index (χ0) is 12.4. The van der Waals surface area contributed by atoms with E-state index in [-0.39, 0.29) is 11.9 Å². The second kappa shape index (κ2) is 5.05. The van der Waals surface area contributed by atoms with Crippen molar-refractivity contribution in [1.82, 2.24) is 0 Å². The third kappa shape index (κ3) is 2.60. The van der Waals surface area contributed by atoms with Gasteiger partial charge in [0.25, 0.3) is 0 Å². The van der Waals surface area contributed by atoms with Crippen LogP contribution in [0.1, 0.15) is 44.7 Å². The third-order valence-electron chi connectivity index (χ3n) is 3.25. The molecule has 94 valence electrons. The summed E-state index contributed by atoms with van der Waals surface area (Å²) in [6.07, 6.45) is 3.38. The molecule has 1 atom stereocenters. The molecule has 0 unspecified atom stereocenters. The Balaban J connectivity index is 2.39. The number of para-hydroxylation sites is 1. The van der Waals surface area contributed by atoms with Crippen LogP contribution < -0.4 is 10.6 Å². The minimum atomic E-state index is -0.139. The van der Waals surface area contributed by atoms with Crippen molar-refractivity contribution in [1.29, 1.82) is 0 Å². The third-order valence-corrected chi connectivity index (χ3v) is 3.25. The van der Waals surface area contributed by atoms with Crippen molar-refractivity contribution in [2.45, 2.75) is 45.2 Å². The maximum absolute atomic E-state index is 14.1. The molecule has 1 aromatic rings. The summed E-state index contributed by atoms with van der Waals surface area (Å²) in [5, 5.41) is 0. The molecular weight excluding hydrogens is 215 g/mol. The van der Waals surface area contributed by atoms with Gasteiger partial charge in [0.1, 0.15) is 5.82 Å². The van der Waals surface area contributed by atoms with E-state index >= 15 is 0 Å². The molecule has 0 heterocycles. The van der Waals surface area contributed by atoms with Gasteiger partial charge in [-0.15, -0.1) is 0 Å².